The third-order valence-electron chi connectivity index (χ3n) is 2.57. The lowest BCUT2D eigenvalue weighted by Gasteiger charge is -2.04. The predicted octanol–water partition coefficient (Wildman–Crippen LogP) is 0.313. The van der Waals surface area contributed by atoms with E-state index in [1.54, 1.807) is 18.3 Å². The molecule has 2 heterocycles. The van der Waals surface area contributed by atoms with Crippen molar-refractivity contribution in [2.75, 3.05) is 18.6 Å². The lowest BCUT2D eigenvalue weighted by Crippen LogP contribution is -2.29. The van der Waals surface area contributed by atoms with Crippen molar-refractivity contribution < 1.29 is 13.2 Å². The van der Waals surface area contributed by atoms with Gasteiger partial charge in [0.05, 0.1) is 11.3 Å². The van der Waals surface area contributed by atoms with Gasteiger partial charge < -0.3 is 5.32 Å². The zero-order valence-electron chi connectivity index (χ0n) is 11.4. The Hall–Kier alpha value is -2.35. The summed E-state index contributed by atoms with van der Waals surface area (Å²) in [6.07, 6.45) is 5.51. The van der Waals surface area contributed by atoms with Gasteiger partial charge >= 0.3 is 0 Å². The van der Waals surface area contributed by atoms with Gasteiger partial charge in [-0.2, -0.15) is 0 Å². The molecule has 0 atom stereocenters. The normalized spacial score (nSPS) is 11.1. The molecule has 0 aliphatic heterocycles. The van der Waals surface area contributed by atoms with Crippen molar-refractivity contribution in [3.8, 4) is 11.5 Å². The molecule has 0 aliphatic rings. The van der Waals surface area contributed by atoms with Crippen LogP contribution in [-0.2, 0) is 9.84 Å². The number of sulfone groups is 1. The predicted molar refractivity (Wildman–Crippen MR) is 77.3 cm³/mol. The molecule has 110 valence electrons. The van der Waals surface area contributed by atoms with Gasteiger partial charge in [0, 0.05) is 31.4 Å². The SMILES string of the molecule is CS(=O)(=O)CCNC(=O)c1cnc(-c2ccccn2)nc1. The van der Waals surface area contributed by atoms with Crippen LogP contribution in [0.25, 0.3) is 11.5 Å². The van der Waals surface area contributed by atoms with Crippen molar-refractivity contribution in [1.82, 2.24) is 20.3 Å². The summed E-state index contributed by atoms with van der Waals surface area (Å²) in [5.41, 5.74) is 0.879. The molecule has 2 aromatic rings. The monoisotopic (exact) mass is 306 g/mol. The van der Waals surface area contributed by atoms with E-state index in [1.807, 2.05) is 6.07 Å². The van der Waals surface area contributed by atoms with Crippen LogP contribution in [0, 0.1) is 0 Å². The summed E-state index contributed by atoms with van der Waals surface area (Å²) in [5.74, 6) is -0.0967. The number of pyridine rings is 1. The molecule has 0 unspecified atom stereocenters. The maximum atomic E-state index is 11.8. The van der Waals surface area contributed by atoms with Crippen molar-refractivity contribution in [2.45, 2.75) is 0 Å². The highest BCUT2D eigenvalue weighted by atomic mass is 32.2. The Kier molecular flexibility index (Phi) is 4.59. The molecule has 0 spiro atoms. The summed E-state index contributed by atoms with van der Waals surface area (Å²) in [6, 6.07) is 5.37. The van der Waals surface area contributed by atoms with Crippen LogP contribution in [0.15, 0.2) is 36.8 Å². The van der Waals surface area contributed by atoms with E-state index in [0.29, 0.717) is 11.5 Å². The lowest BCUT2D eigenvalue weighted by atomic mass is 10.3. The highest BCUT2D eigenvalue weighted by Gasteiger charge is 2.09. The Balaban J connectivity index is 2.00. The molecule has 7 nitrogen and oxygen atoms in total. The average Bonchev–Trinajstić information content (AvgIpc) is 2.47. The third-order valence-corrected chi connectivity index (χ3v) is 3.51. The van der Waals surface area contributed by atoms with Gasteiger partial charge in [0.15, 0.2) is 5.82 Å². The van der Waals surface area contributed by atoms with Gasteiger partial charge in [0.2, 0.25) is 0 Å². The van der Waals surface area contributed by atoms with Gasteiger partial charge in [-0.25, -0.2) is 18.4 Å². The second-order valence-electron chi connectivity index (χ2n) is 4.40. The average molecular weight is 306 g/mol. The second kappa shape index (κ2) is 6.40. The summed E-state index contributed by atoms with van der Waals surface area (Å²) in [6.45, 7) is 0.0552. The van der Waals surface area contributed by atoms with Gasteiger partial charge in [-0.15, -0.1) is 0 Å². The number of nitrogens with zero attached hydrogens (tertiary/aromatic N) is 3. The number of hydrogen-bond donors (Lipinski definition) is 1. The van der Waals surface area contributed by atoms with E-state index < -0.39 is 15.7 Å². The Labute approximate surface area is 122 Å². The molecular formula is C13H14N4O3S. The topological polar surface area (TPSA) is 102 Å². The highest BCUT2D eigenvalue weighted by Crippen LogP contribution is 2.09. The molecule has 0 aromatic carbocycles. The van der Waals surface area contributed by atoms with Crippen LogP contribution in [0.2, 0.25) is 0 Å². The third kappa shape index (κ3) is 4.60. The minimum absolute atomic E-state index is 0.0552. The lowest BCUT2D eigenvalue weighted by molar-refractivity contribution is 0.0955. The first-order chi connectivity index (χ1) is 9.96. The van der Waals surface area contributed by atoms with E-state index in [-0.39, 0.29) is 17.9 Å². The summed E-state index contributed by atoms with van der Waals surface area (Å²) < 4.78 is 21.9. The molecule has 8 heteroatoms. The van der Waals surface area contributed by atoms with E-state index in [9.17, 15) is 13.2 Å². The highest BCUT2D eigenvalue weighted by molar-refractivity contribution is 7.90. The van der Waals surface area contributed by atoms with E-state index in [4.69, 9.17) is 0 Å². The van der Waals surface area contributed by atoms with Crippen molar-refractivity contribution in [3.63, 3.8) is 0 Å². The van der Waals surface area contributed by atoms with Crippen LogP contribution < -0.4 is 5.32 Å². The fourth-order valence-corrected chi connectivity index (χ4v) is 2.00. The Bertz CT molecular complexity index is 715. The largest absolute Gasteiger partial charge is 0.351 e. The minimum Gasteiger partial charge on any atom is -0.351 e. The number of amides is 1. The summed E-state index contributed by atoms with van der Waals surface area (Å²) >= 11 is 0. The molecule has 1 amide bonds. The maximum absolute atomic E-state index is 11.8. The zero-order valence-corrected chi connectivity index (χ0v) is 12.2. The van der Waals surface area contributed by atoms with Crippen molar-refractivity contribution in [1.29, 1.82) is 0 Å². The van der Waals surface area contributed by atoms with Crippen LogP contribution >= 0.6 is 0 Å². The summed E-state index contributed by atoms with van der Waals surface area (Å²) in [5, 5.41) is 2.50. The van der Waals surface area contributed by atoms with Crippen LogP contribution in [0.1, 0.15) is 10.4 Å². The molecule has 0 aliphatic carbocycles. The molecule has 0 saturated carbocycles. The number of rotatable bonds is 5. The molecule has 0 fully saturated rings. The standard InChI is InChI=1S/C13H14N4O3S/c1-21(19,20)7-6-15-13(18)10-8-16-12(17-9-10)11-4-2-3-5-14-11/h2-5,8-9H,6-7H2,1H3,(H,15,18). The van der Waals surface area contributed by atoms with Crippen molar-refractivity contribution in [2.24, 2.45) is 0 Å². The molecule has 0 radical (unpaired) electrons. The number of carbonyl (C=O) groups is 1. The smallest absolute Gasteiger partial charge is 0.254 e. The fraction of sp³-hybridized carbons (Fsp3) is 0.231. The van der Waals surface area contributed by atoms with E-state index in [2.05, 4.69) is 20.3 Å². The number of aromatic nitrogens is 3. The van der Waals surface area contributed by atoms with Crippen LogP contribution in [0.3, 0.4) is 0 Å². The zero-order chi connectivity index (χ0) is 15.3. The first kappa shape index (κ1) is 15.0. The van der Waals surface area contributed by atoms with E-state index >= 15 is 0 Å². The van der Waals surface area contributed by atoms with Crippen molar-refractivity contribution >= 4 is 15.7 Å². The maximum Gasteiger partial charge on any atom is 0.254 e. The quantitative estimate of drug-likeness (QED) is 0.853. The molecule has 21 heavy (non-hydrogen) atoms. The molecule has 2 rings (SSSR count). The Morgan fingerprint density at radius 2 is 1.90 bits per heavy atom. The fourth-order valence-electron chi connectivity index (χ4n) is 1.52. The van der Waals surface area contributed by atoms with Gasteiger partial charge in [0.1, 0.15) is 15.5 Å². The molecular weight excluding hydrogens is 292 g/mol. The van der Waals surface area contributed by atoms with Gasteiger partial charge in [0.25, 0.3) is 5.91 Å². The molecule has 0 bridgehead atoms. The second-order valence-corrected chi connectivity index (χ2v) is 6.66. The Morgan fingerprint density at radius 1 is 1.19 bits per heavy atom. The van der Waals surface area contributed by atoms with E-state index in [0.717, 1.165) is 6.26 Å². The number of nitrogens with one attached hydrogen (secondary N) is 1. The minimum atomic E-state index is -3.10. The van der Waals surface area contributed by atoms with E-state index in [1.165, 1.54) is 12.4 Å². The molecule has 1 N–H and O–H groups in total. The number of hydrogen-bond acceptors (Lipinski definition) is 6. The van der Waals surface area contributed by atoms with Gasteiger partial charge in [-0.1, -0.05) is 6.07 Å². The van der Waals surface area contributed by atoms with Gasteiger partial charge in [-0.05, 0) is 12.1 Å². The van der Waals surface area contributed by atoms with Crippen LogP contribution in [0.4, 0.5) is 0 Å². The van der Waals surface area contributed by atoms with Crippen LogP contribution in [0.5, 0.6) is 0 Å². The van der Waals surface area contributed by atoms with Crippen molar-refractivity contribution in [3.05, 3.63) is 42.4 Å². The summed E-state index contributed by atoms with van der Waals surface area (Å²) in [4.78, 5) is 24.0. The molecule has 2 aromatic heterocycles. The summed E-state index contributed by atoms with van der Waals surface area (Å²) in [7, 11) is -3.10. The molecule has 0 saturated heterocycles. The van der Waals surface area contributed by atoms with Crippen LogP contribution in [-0.4, -0.2) is 47.8 Å². The first-order valence-electron chi connectivity index (χ1n) is 6.15. The van der Waals surface area contributed by atoms with Gasteiger partial charge in [-0.3, -0.25) is 9.78 Å². The first-order valence-corrected chi connectivity index (χ1v) is 8.21. The Morgan fingerprint density at radius 3 is 2.48 bits per heavy atom. The number of carbonyl (C=O) groups excluding carboxylic acids is 1.